The van der Waals surface area contributed by atoms with E-state index in [9.17, 15) is 0 Å². The molecule has 98 valence electrons. The van der Waals surface area contributed by atoms with E-state index >= 15 is 0 Å². The predicted molar refractivity (Wildman–Crippen MR) is 75.1 cm³/mol. The zero-order chi connectivity index (χ0) is 12.5. The summed E-state index contributed by atoms with van der Waals surface area (Å²) < 4.78 is 7.94. The van der Waals surface area contributed by atoms with Crippen molar-refractivity contribution in [3.05, 3.63) is 12.4 Å². The van der Waals surface area contributed by atoms with E-state index in [1.54, 1.807) is 11.9 Å². The molecule has 0 N–H and O–H groups in total. The summed E-state index contributed by atoms with van der Waals surface area (Å²) in [6.45, 7) is 3.86. The fourth-order valence-electron chi connectivity index (χ4n) is 1.28. The molecule has 1 unspecified atom stereocenters. The molecule has 0 spiro atoms. The van der Waals surface area contributed by atoms with Gasteiger partial charge in [0, 0.05) is 24.7 Å². The lowest BCUT2D eigenvalue weighted by molar-refractivity contribution is 0.0426. The Morgan fingerprint density at radius 2 is 2.29 bits per heavy atom. The molecular formula is C12H23N3OS. The van der Waals surface area contributed by atoms with Gasteiger partial charge in [0.2, 0.25) is 0 Å². The number of rotatable bonds is 8. The molecule has 0 saturated carbocycles. The van der Waals surface area contributed by atoms with E-state index in [0.29, 0.717) is 0 Å². The molecule has 0 radical (unpaired) electrons. The molecule has 0 fully saturated rings. The quantitative estimate of drug-likeness (QED) is 0.492. The van der Waals surface area contributed by atoms with Crippen LogP contribution in [-0.2, 0) is 4.74 Å². The molecular weight excluding hydrogens is 234 g/mol. The average molecular weight is 257 g/mol. The number of unbranched alkanes of at least 4 members (excludes halogenated alkanes) is 1. The van der Waals surface area contributed by atoms with Gasteiger partial charge in [-0.2, -0.15) is 0 Å². The lowest BCUT2D eigenvalue weighted by atomic mass is 10.4. The molecule has 0 aromatic rings. The molecule has 1 aliphatic heterocycles. The highest BCUT2D eigenvalue weighted by atomic mass is 32.2. The van der Waals surface area contributed by atoms with Crippen LogP contribution in [0.5, 0.6) is 0 Å². The normalized spacial score (nSPS) is 19.3. The van der Waals surface area contributed by atoms with Crippen molar-refractivity contribution in [1.29, 1.82) is 0 Å². The van der Waals surface area contributed by atoms with Crippen molar-refractivity contribution in [2.75, 3.05) is 33.0 Å². The maximum atomic E-state index is 5.80. The summed E-state index contributed by atoms with van der Waals surface area (Å²) in [5.74, 6) is 1.13. The van der Waals surface area contributed by atoms with Crippen molar-refractivity contribution >= 4 is 18.2 Å². The van der Waals surface area contributed by atoms with Crippen LogP contribution in [0.25, 0.3) is 0 Å². The zero-order valence-corrected chi connectivity index (χ0v) is 11.8. The van der Waals surface area contributed by atoms with Crippen LogP contribution in [0, 0.1) is 0 Å². The van der Waals surface area contributed by atoms with Gasteiger partial charge in [0.25, 0.3) is 0 Å². The maximum absolute atomic E-state index is 5.80. The maximum Gasteiger partial charge on any atom is 0.175 e. The van der Waals surface area contributed by atoms with Crippen LogP contribution in [0.4, 0.5) is 0 Å². The Hall–Kier alpha value is -0.520. The molecule has 0 bridgehead atoms. The summed E-state index contributed by atoms with van der Waals surface area (Å²) in [6, 6.07) is 0. The average Bonchev–Trinajstić information content (AvgIpc) is 2.31. The molecule has 0 aromatic carbocycles. The fraction of sp³-hybridized carbons (Fsp3) is 0.750. The molecule has 4 nitrogen and oxygen atoms in total. The van der Waals surface area contributed by atoms with Gasteiger partial charge < -0.3 is 9.64 Å². The summed E-state index contributed by atoms with van der Waals surface area (Å²) >= 11 is 1.81. The van der Waals surface area contributed by atoms with Gasteiger partial charge in [0.15, 0.2) is 6.23 Å². The van der Waals surface area contributed by atoms with Gasteiger partial charge >= 0.3 is 0 Å². The molecule has 0 aromatic heterocycles. The van der Waals surface area contributed by atoms with Gasteiger partial charge in [-0.1, -0.05) is 13.3 Å². The molecule has 5 heteroatoms. The van der Waals surface area contributed by atoms with E-state index in [1.807, 2.05) is 32.7 Å². The number of hydrogen-bond acceptors (Lipinski definition) is 5. The standard InChI is InChI=1S/C12H23N3OS/c1-4-5-10-17-15-7-6-13-11-12(15)16-9-8-14(2)3/h6-7,11-12H,4-5,8-10H2,1-3H3. The van der Waals surface area contributed by atoms with Crippen molar-refractivity contribution < 1.29 is 4.74 Å². The lowest BCUT2D eigenvalue weighted by Gasteiger charge is -2.28. The minimum absolute atomic E-state index is 0.0261. The Bertz CT molecular complexity index is 256. The summed E-state index contributed by atoms with van der Waals surface area (Å²) in [6.07, 6.45) is 8.09. The highest BCUT2D eigenvalue weighted by Crippen LogP contribution is 2.19. The molecule has 1 heterocycles. The van der Waals surface area contributed by atoms with Gasteiger partial charge in [-0.05, 0) is 32.5 Å². The fourth-order valence-corrected chi connectivity index (χ4v) is 2.31. The minimum Gasteiger partial charge on any atom is -0.351 e. The molecule has 0 saturated heterocycles. The van der Waals surface area contributed by atoms with Gasteiger partial charge in [0.1, 0.15) is 0 Å². The third kappa shape index (κ3) is 6.10. The first-order valence-corrected chi connectivity index (χ1v) is 7.06. The van der Waals surface area contributed by atoms with Crippen molar-refractivity contribution in [2.45, 2.75) is 26.0 Å². The first-order chi connectivity index (χ1) is 8.24. The Morgan fingerprint density at radius 1 is 1.47 bits per heavy atom. The zero-order valence-electron chi connectivity index (χ0n) is 11.0. The van der Waals surface area contributed by atoms with Gasteiger partial charge in [-0.3, -0.25) is 9.30 Å². The Kier molecular flexibility index (Phi) is 7.32. The van der Waals surface area contributed by atoms with Crippen molar-refractivity contribution in [1.82, 2.24) is 9.21 Å². The lowest BCUT2D eigenvalue weighted by Crippen LogP contribution is -2.33. The second-order valence-corrected chi connectivity index (χ2v) is 5.30. The van der Waals surface area contributed by atoms with E-state index < -0.39 is 0 Å². The SMILES string of the molecule is CCCCSN1C=CN=CC1OCCN(C)C. The summed E-state index contributed by atoms with van der Waals surface area (Å²) in [7, 11) is 4.10. The van der Waals surface area contributed by atoms with Gasteiger partial charge in [-0.25, -0.2) is 0 Å². The molecule has 0 amide bonds. The Balaban J connectivity index is 2.28. The van der Waals surface area contributed by atoms with Crippen molar-refractivity contribution in [3.63, 3.8) is 0 Å². The molecule has 17 heavy (non-hydrogen) atoms. The van der Waals surface area contributed by atoms with E-state index in [4.69, 9.17) is 4.74 Å². The van der Waals surface area contributed by atoms with Crippen LogP contribution in [-0.4, -0.2) is 54.6 Å². The van der Waals surface area contributed by atoms with E-state index in [2.05, 4.69) is 21.1 Å². The second-order valence-electron chi connectivity index (χ2n) is 4.21. The summed E-state index contributed by atoms with van der Waals surface area (Å²) in [5.41, 5.74) is 0. The largest absolute Gasteiger partial charge is 0.351 e. The summed E-state index contributed by atoms with van der Waals surface area (Å²) in [4.78, 5) is 6.25. The number of likely N-dealkylation sites (N-methyl/N-ethyl adjacent to an activating group) is 1. The number of ether oxygens (including phenoxy) is 1. The number of aliphatic imine (C=N–C) groups is 1. The highest BCUT2D eigenvalue weighted by Gasteiger charge is 2.16. The molecule has 1 rings (SSSR count). The number of hydrogen-bond donors (Lipinski definition) is 0. The van der Waals surface area contributed by atoms with E-state index in [0.717, 1.165) is 18.9 Å². The topological polar surface area (TPSA) is 28.1 Å². The third-order valence-corrected chi connectivity index (χ3v) is 3.43. The van der Waals surface area contributed by atoms with Crippen LogP contribution in [0.15, 0.2) is 17.4 Å². The minimum atomic E-state index is -0.0261. The van der Waals surface area contributed by atoms with Crippen LogP contribution in [0.3, 0.4) is 0 Å². The number of nitrogens with zero attached hydrogens (tertiary/aromatic N) is 3. The van der Waals surface area contributed by atoms with E-state index in [-0.39, 0.29) is 6.23 Å². The molecule has 0 aliphatic carbocycles. The van der Waals surface area contributed by atoms with Crippen LogP contribution < -0.4 is 0 Å². The van der Waals surface area contributed by atoms with Crippen molar-refractivity contribution in [3.8, 4) is 0 Å². The van der Waals surface area contributed by atoms with Crippen LogP contribution >= 0.6 is 11.9 Å². The first-order valence-electron chi connectivity index (χ1n) is 6.11. The van der Waals surface area contributed by atoms with Gasteiger partial charge in [0.05, 0.1) is 12.8 Å². The van der Waals surface area contributed by atoms with Gasteiger partial charge in [-0.15, -0.1) is 0 Å². The highest BCUT2D eigenvalue weighted by molar-refractivity contribution is 7.97. The first kappa shape index (κ1) is 14.5. The summed E-state index contributed by atoms with van der Waals surface area (Å²) in [5, 5.41) is 0. The van der Waals surface area contributed by atoms with E-state index in [1.165, 1.54) is 12.8 Å². The Morgan fingerprint density at radius 3 is 3.00 bits per heavy atom. The monoisotopic (exact) mass is 257 g/mol. The van der Waals surface area contributed by atoms with Crippen LogP contribution in [0.2, 0.25) is 0 Å². The smallest absolute Gasteiger partial charge is 0.175 e. The molecule has 1 aliphatic rings. The van der Waals surface area contributed by atoms with Crippen LogP contribution in [0.1, 0.15) is 19.8 Å². The van der Waals surface area contributed by atoms with Crippen molar-refractivity contribution in [2.24, 2.45) is 4.99 Å². The third-order valence-electron chi connectivity index (χ3n) is 2.33. The molecule has 1 atom stereocenters. The predicted octanol–water partition coefficient (Wildman–Crippen LogP) is 2.20. The second kappa shape index (κ2) is 8.55. The Labute approximate surface area is 109 Å².